The van der Waals surface area contributed by atoms with Gasteiger partial charge in [0.05, 0.1) is 12.7 Å². The minimum atomic E-state index is -3.44. The van der Waals surface area contributed by atoms with Crippen LogP contribution in [0.4, 0.5) is 0 Å². The topological polar surface area (TPSA) is 81.0 Å². The highest BCUT2D eigenvalue weighted by atomic mass is 32.2. The average molecular weight is 315 g/mol. The Kier molecular flexibility index (Phi) is 4.21. The van der Waals surface area contributed by atoms with E-state index < -0.39 is 10.0 Å². The van der Waals surface area contributed by atoms with Crippen molar-refractivity contribution in [3.05, 3.63) is 22.4 Å². The average Bonchev–Trinajstić information content (AvgIpc) is 2.98. The molecule has 0 fully saturated rings. The highest BCUT2D eigenvalue weighted by Crippen LogP contribution is 2.20. The molecule has 0 unspecified atom stereocenters. The van der Waals surface area contributed by atoms with Gasteiger partial charge in [-0.25, -0.2) is 12.7 Å². The van der Waals surface area contributed by atoms with Crippen LogP contribution in [0.2, 0.25) is 0 Å². The lowest BCUT2D eigenvalue weighted by Crippen LogP contribution is -2.21. The zero-order valence-corrected chi connectivity index (χ0v) is 13.4. The van der Waals surface area contributed by atoms with Crippen molar-refractivity contribution in [2.24, 2.45) is 0 Å². The third-order valence-corrected chi connectivity index (χ3v) is 5.64. The van der Waals surface area contributed by atoms with Gasteiger partial charge in [0, 0.05) is 26.2 Å². The molecule has 2 aromatic heterocycles. The second-order valence-electron chi connectivity index (χ2n) is 4.85. The van der Waals surface area contributed by atoms with Gasteiger partial charge in [0.1, 0.15) is 14.9 Å². The Morgan fingerprint density at radius 1 is 1.35 bits per heavy atom. The summed E-state index contributed by atoms with van der Waals surface area (Å²) in [5, 5.41) is 14.0. The lowest BCUT2D eigenvalue weighted by molar-refractivity contribution is 0.520. The Morgan fingerprint density at radius 3 is 2.60 bits per heavy atom. The van der Waals surface area contributed by atoms with Crippen molar-refractivity contribution >= 4 is 21.4 Å². The van der Waals surface area contributed by atoms with E-state index in [0.29, 0.717) is 12.5 Å². The summed E-state index contributed by atoms with van der Waals surface area (Å²) in [5.41, 5.74) is 0. The van der Waals surface area contributed by atoms with Crippen LogP contribution in [-0.4, -0.2) is 46.8 Å². The molecule has 0 aliphatic carbocycles. The summed E-state index contributed by atoms with van der Waals surface area (Å²) in [6.45, 7) is 4.53. The monoisotopic (exact) mass is 315 g/mol. The fourth-order valence-corrected chi connectivity index (χ4v) is 3.17. The molecule has 0 bridgehead atoms. The van der Waals surface area contributed by atoms with Gasteiger partial charge in [0.2, 0.25) is 10.0 Å². The van der Waals surface area contributed by atoms with Gasteiger partial charge in [-0.2, -0.15) is 5.10 Å². The predicted octanol–water partition coefficient (Wildman–Crippen LogP) is 1.16. The van der Waals surface area contributed by atoms with E-state index in [1.807, 2.05) is 0 Å². The van der Waals surface area contributed by atoms with Crippen molar-refractivity contribution in [2.45, 2.75) is 31.2 Å². The summed E-state index contributed by atoms with van der Waals surface area (Å²) in [5.74, 6) is 0.337. The zero-order valence-electron chi connectivity index (χ0n) is 11.8. The Hall–Kier alpha value is -1.32. The molecule has 2 aromatic rings. The summed E-state index contributed by atoms with van der Waals surface area (Å²) in [4.78, 5) is 0.177. The third-order valence-electron chi connectivity index (χ3n) is 2.66. The molecule has 7 nitrogen and oxygen atoms in total. The molecule has 110 valence electrons. The molecule has 0 aliphatic rings. The van der Waals surface area contributed by atoms with Crippen LogP contribution >= 0.6 is 11.3 Å². The third kappa shape index (κ3) is 3.05. The maximum absolute atomic E-state index is 11.9. The lowest BCUT2D eigenvalue weighted by atomic mass is 10.2. The fraction of sp³-hybridized carbons (Fsp3) is 0.545. The van der Waals surface area contributed by atoms with Gasteiger partial charge >= 0.3 is 0 Å². The summed E-state index contributed by atoms with van der Waals surface area (Å²) >= 11 is 1.52. The zero-order chi connectivity index (χ0) is 14.9. The van der Waals surface area contributed by atoms with Crippen molar-refractivity contribution in [3.8, 4) is 0 Å². The standard InChI is InChI=1S/C11H17N5O2S2/c1-8(2)11-14-13-10(19-11)7-16-6-9(5-12-16)20(17,18)15(3)4/h5-6,8H,7H2,1-4H3. The molecule has 0 radical (unpaired) electrons. The summed E-state index contributed by atoms with van der Waals surface area (Å²) < 4.78 is 26.6. The first-order valence-electron chi connectivity index (χ1n) is 6.08. The number of hydrogen-bond acceptors (Lipinski definition) is 6. The van der Waals surface area contributed by atoms with E-state index in [0.717, 1.165) is 14.3 Å². The summed E-state index contributed by atoms with van der Waals surface area (Å²) in [6.07, 6.45) is 2.85. The van der Waals surface area contributed by atoms with Crippen molar-refractivity contribution in [3.63, 3.8) is 0 Å². The largest absolute Gasteiger partial charge is 0.264 e. The van der Waals surface area contributed by atoms with Crippen LogP contribution < -0.4 is 0 Å². The minimum absolute atomic E-state index is 0.177. The van der Waals surface area contributed by atoms with Crippen molar-refractivity contribution in [1.82, 2.24) is 24.3 Å². The van der Waals surface area contributed by atoms with Gasteiger partial charge in [0.25, 0.3) is 0 Å². The van der Waals surface area contributed by atoms with Crippen LogP contribution in [0.3, 0.4) is 0 Å². The first-order valence-corrected chi connectivity index (χ1v) is 8.33. The smallest absolute Gasteiger partial charge is 0.245 e. The van der Waals surface area contributed by atoms with E-state index in [9.17, 15) is 8.42 Å². The molecule has 0 amide bonds. The Labute approximate surface area is 122 Å². The minimum Gasteiger partial charge on any atom is -0.264 e. The highest BCUT2D eigenvalue weighted by molar-refractivity contribution is 7.89. The molecule has 2 rings (SSSR count). The van der Waals surface area contributed by atoms with E-state index in [2.05, 4.69) is 29.1 Å². The van der Waals surface area contributed by atoms with E-state index in [1.165, 1.54) is 37.8 Å². The van der Waals surface area contributed by atoms with E-state index >= 15 is 0 Å². The number of aromatic nitrogens is 4. The van der Waals surface area contributed by atoms with Gasteiger partial charge < -0.3 is 0 Å². The maximum atomic E-state index is 11.9. The molecule has 0 atom stereocenters. The molecule has 9 heteroatoms. The normalized spacial score (nSPS) is 12.5. The molecule has 0 spiro atoms. The Balaban J connectivity index is 2.17. The van der Waals surface area contributed by atoms with Crippen molar-refractivity contribution < 1.29 is 8.42 Å². The van der Waals surface area contributed by atoms with Gasteiger partial charge in [-0.3, -0.25) is 4.68 Å². The van der Waals surface area contributed by atoms with Gasteiger partial charge in [-0.1, -0.05) is 25.2 Å². The van der Waals surface area contributed by atoms with Gasteiger partial charge in [0.15, 0.2) is 0 Å². The molecule has 0 saturated heterocycles. The van der Waals surface area contributed by atoms with Crippen LogP contribution in [-0.2, 0) is 16.6 Å². The highest BCUT2D eigenvalue weighted by Gasteiger charge is 2.19. The van der Waals surface area contributed by atoms with Gasteiger partial charge in [-0.15, -0.1) is 10.2 Å². The fourth-order valence-electron chi connectivity index (χ4n) is 1.48. The lowest BCUT2D eigenvalue weighted by Gasteiger charge is -2.08. The molecular weight excluding hydrogens is 298 g/mol. The molecule has 0 aromatic carbocycles. The SMILES string of the molecule is CC(C)c1nnc(Cn2cc(S(=O)(=O)N(C)C)cn2)s1. The second kappa shape index (κ2) is 5.58. The first kappa shape index (κ1) is 15.1. The van der Waals surface area contributed by atoms with Crippen LogP contribution in [0, 0.1) is 0 Å². The van der Waals surface area contributed by atoms with E-state index in [1.54, 1.807) is 4.68 Å². The number of nitrogens with zero attached hydrogens (tertiary/aromatic N) is 5. The van der Waals surface area contributed by atoms with Crippen LogP contribution in [0.5, 0.6) is 0 Å². The molecule has 0 N–H and O–H groups in total. The van der Waals surface area contributed by atoms with Crippen LogP contribution in [0.15, 0.2) is 17.3 Å². The quantitative estimate of drug-likeness (QED) is 0.827. The molecule has 0 saturated carbocycles. The van der Waals surface area contributed by atoms with Crippen molar-refractivity contribution in [1.29, 1.82) is 0 Å². The second-order valence-corrected chi connectivity index (χ2v) is 8.10. The van der Waals surface area contributed by atoms with E-state index in [-0.39, 0.29) is 4.90 Å². The number of rotatable bonds is 5. The van der Waals surface area contributed by atoms with Crippen molar-refractivity contribution in [2.75, 3.05) is 14.1 Å². The number of sulfonamides is 1. The summed E-state index contributed by atoms with van der Waals surface area (Å²) in [6, 6.07) is 0. The first-order chi connectivity index (χ1) is 9.30. The molecule has 0 aliphatic heterocycles. The molecular formula is C11H17N5O2S2. The van der Waals surface area contributed by atoms with Gasteiger partial charge in [-0.05, 0) is 0 Å². The maximum Gasteiger partial charge on any atom is 0.245 e. The molecule has 2 heterocycles. The Bertz CT molecular complexity index is 687. The van der Waals surface area contributed by atoms with Crippen LogP contribution in [0.25, 0.3) is 0 Å². The summed E-state index contributed by atoms with van der Waals surface area (Å²) in [7, 11) is -0.454. The predicted molar refractivity (Wildman–Crippen MR) is 76.2 cm³/mol. The van der Waals surface area contributed by atoms with Crippen LogP contribution in [0.1, 0.15) is 29.8 Å². The van der Waals surface area contributed by atoms with E-state index in [4.69, 9.17) is 0 Å². The number of hydrogen-bond donors (Lipinski definition) is 0. The molecule has 20 heavy (non-hydrogen) atoms. The Morgan fingerprint density at radius 2 is 2.05 bits per heavy atom.